The van der Waals surface area contributed by atoms with E-state index in [-0.39, 0.29) is 12.0 Å². The Bertz CT molecular complexity index is 1210. The van der Waals surface area contributed by atoms with Crippen LogP contribution in [0.4, 0.5) is 0 Å². The lowest BCUT2D eigenvalue weighted by molar-refractivity contribution is -0.139. The standard InChI is InChI=1S/C28H28ClNO5/c1-18(31)30-28(2)15-25(21-9-6-10-22(29)13-21)35-26(16-28)23-14-20(19-7-4-3-5-8-19)11-12-24(23)34-17-27(32)33/h3-14,25-26H,15-17H2,1-2H3,(H,30,31)(H,32,33)/t25-,26+,28-/m0/s1. The Morgan fingerprint density at radius 3 is 2.46 bits per heavy atom. The number of halogens is 1. The molecule has 7 heteroatoms. The van der Waals surface area contributed by atoms with Gasteiger partial charge in [-0.3, -0.25) is 4.79 Å². The summed E-state index contributed by atoms with van der Waals surface area (Å²) in [5.41, 5.74) is 3.06. The molecule has 1 aliphatic rings. The zero-order chi connectivity index (χ0) is 25.0. The second-order valence-electron chi connectivity index (χ2n) is 9.12. The number of carbonyl (C=O) groups excluding carboxylic acids is 1. The molecule has 0 spiro atoms. The molecule has 3 aromatic rings. The van der Waals surface area contributed by atoms with Crippen molar-refractivity contribution in [3.8, 4) is 16.9 Å². The summed E-state index contributed by atoms with van der Waals surface area (Å²) in [7, 11) is 0. The van der Waals surface area contributed by atoms with E-state index in [2.05, 4.69) is 5.32 Å². The number of aliphatic carboxylic acids is 1. The molecule has 6 nitrogen and oxygen atoms in total. The number of carboxylic acids is 1. The van der Waals surface area contributed by atoms with E-state index in [1.807, 2.05) is 67.6 Å². The van der Waals surface area contributed by atoms with E-state index in [9.17, 15) is 14.7 Å². The smallest absolute Gasteiger partial charge is 0.341 e. The van der Waals surface area contributed by atoms with E-state index in [1.165, 1.54) is 6.92 Å². The molecule has 0 saturated carbocycles. The number of hydrogen-bond acceptors (Lipinski definition) is 4. The van der Waals surface area contributed by atoms with Gasteiger partial charge in [-0.2, -0.15) is 0 Å². The number of rotatable bonds is 7. The summed E-state index contributed by atoms with van der Waals surface area (Å²) in [5, 5.41) is 12.9. The minimum absolute atomic E-state index is 0.126. The number of carbonyl (C=O) groups is 2. The van der Waals surface area contributed by atoms with Gasteiger partial charge in [0.25, 0.3) is 0 Å². The highest BCUT2D eigenvalue weighted by Crippen LogP contribution is 2.46. The summed E-state index contributed by atoms with van der Waals surface area (Å²) in [4.78, 5) is 23.3. The molecule has 3 atom stereocenters. The van der Waals surface area contributed by atoms with Gasteiger partial charge in [0.15, 0.2) is 6.61 Å². The molecule has 0 aromatic heterocycles. The summed E-state index contributed by atoms with van der Waals surface area (Å²) in [6, 6.07) is 23.1. The van der Waals surface area contributed by atoms with Gasteiger partial charge in [0.2, 0.25) is 5.91 Å². The molecule has 1 fully saturated rings. The topological polar surface area (TPSA) is 84.9 Å². The molecule has 0 unspecified atom stereocenters. The highest BCUT2D eigenvalue weighted by atomic mass is 35.5. The Balaban J connectivity index is 1.77. The molecule has 4 rings (SSSR count). The third-order valence-corrected chi connectivity index (χ3v) is 6.35. The van der Waals surface area contributed by atoms with Crippen LogP contribution in [0.25, 0.3) is 11.1 Å². The minimum Gasteiger partial charge on any atom is -0.482 e. The maximum Gasteiger partial charge on any atom is 0.341 e. The van der Waals surface area contributed by atoms with Crippen molar-refractivity contribution in [1.29, 1.82) is 0 Å². The van der Waals surface area contributed by atoms with Crippen LogP contribution in [0, 0.1) is 0 Å². The van der Waals surface area contributed by atoms with Crippen molar-refractivity contribution >= 4 is 23.5 Å². The van der Waals surface area contributed by atoms with Crippen LogP contribution in [0.15, 0.2) is 72.8 Å². The average molecular weight is 494 g/mol. The fraction of sp³-hybridized carbons (Fsp3) is 0.286. The summed E-state index contributed by atoms with van der Waals surface area (Å²) in [5.74, 6) is -0.750. The Hall–Kier alpha value is -3.35. The van der Waals surface area contributed by atoms with Crippen molar-refractivity contribution in [2.24, 2.45) is 0 Å². The molecular weight excluding hydrogens is 466 g/mol. The number of amides is 1. The van der Waals surface area contributed by atoms with Crippen molar-refractivity contribution in [3.63, 3.8) is 0 Å². The van der Waals surface area contributed by atoms with Crippen molar-refractivity contribution in [2.75, 3.05) is 6.61 Å². The van der Waals surface area contributed by atoms with E-state index in [0.29, 0.717) is 23.6 Å². The molecule has 0 bridgehead atoms. The van der Waals surface area contributed by atoms with Gasteiger partial charge in [-0.15, -0.1) is 0 Å². The van der Waals surface area contributed by atoms with Crippen molar-refractivity contribution in [1.82, 2.24) is 5.32 Å². The maximum atomic E-state index is 12.1. The van der Waals surface area contributed by atoms with E-state index >= 15 is 0 Å². The van der Waals surface area contributed by atoms with Crippen LogP contribution >= 0.6 is 11.6 Å². The predicted molar refractivity (Wildman–Crippen MR) is 134 cm³/mol. The fourth-order valence-electron chi connectivity index (χ4n) is 4.69. The third-order valence-electron chi connectivity index (χ3n) is 6.11. The number of hydrogen-bond donors (Lipinski definition) is 2. The van der Waals surface area contributed by atoms with Gasteiger partial charge < -0.3 is 19.9 Å². The second kappa shape index (κ2) is 10.5. The summed E-state index contributed by atoms with van der Waals surface area (Å²) < 4.78 is 12.3. The van der Waals surface area contributed by atoms with Gasteiger partial charge in [0, 0.05) is 35.9 Å². The molecule has 35 heavy (non-hydrogen) atoms. The Morgan fingerprint density at radius 2 is 1.77 bits per heavy atom. The molecule has 1 saturated heterocycles. The fourth-order valence-corrected chi connectivity index (χ4v) is 4.89. The minimum atomic E-state index is -1.06. The first-order chi connectivity index (χ1) is 16.7. The van der Waals surface area contributed by atoms with E-state index in [4.69, 9.17) is 21.1 Å². The third kappa shape index (κ3) is 6.21. The zero-order valence-electron chi connectivity index (χ0n) is 19.7. The molecule has 2 N–H and O–H groups in total. The Kier molecular flexibility index (Phi) is 7.43. The molecule has 0 aliphatic carbocycles. The van der Waals surface area contributed by atoms with Crippen LogP contribution in [0.3, 0.4) is 0 Å². The summed E-state index contributed by atoms with van der Waals surface area (Å²) in [6.45, 7) is 3.03. The first-order valence-electron chi connectivity index (χ1n) is 11.5. The van der Waals surface area contributed by atoms with Gasteiger partial charge in [0.05, 0.1) is 12.2 Å². The van der Waals surface area contributed by atoms with E-state index in [0.717, 1.165) is 22.3 Å². The largest absolute Gasteiger partial charge is 0.482 e. The highest BCUT2D eigenvalue weighted by Gasteiger charge is 2.41. The quantitative estimate of drug-likeness (QED) is 0.424. The Labute approximate surface area is 209 Å². The predicted octanol–water partition coefficient (Wildman–Crippen LogP) is 5.96. The first-order valence-corrected chi connectivity index (χ1v) is 11.8. The van der Waals surface area contributed by atoms with Gasteiger partial charge >= 0.3 is 5.97 Å². The summed E-state index contributed by atoms with van der Waals surface area (Å²) >= 11 is 6.26. The lowest BCUT2D eigenvalue weighted by Crippen LogP contribution is -2.50. The molecular formula is C28H28ClNO5. The van der Waals surface area contributed by atoms with Gasteiger partial charge in [-0.1, -0.05) is 60.1 Å². The first kappa shape index (κ1) is 24.8. The highest BCUT2D eigenvalue weighted by molar-refractivity contribution is 6.30. The van der Waals surface area contributed by atoms with Gasteiger partial charge in [-0.25, -0.2) is 4.79 Å². The maximum absolute atomic E-state index is 12.1. The zero-order valence-corrected chi connectivity index (χ0v) is 20.4. The second-order valence-corrected chi connectivity index (χ2v) is 9.56. The monoisotopic (exact) mass is 493 g/mol. The normalized spacial score (nSPS) is 21.8. The Morgan fingerprint density at radius 1 is 1.03 bits per heavy atom. The van der Waals surface area contributed by atoms with E-state index < -0.39 is 24.2 Å². The van der Waals surface area contributed by atoms with Gasteiger partial charge in [0.1, 0.15) is 5.75 Å². The van der Waals surface area contributed by atoms with Crippen LogP contribution in [0.2, 0.25) is 5.02 Å². The molecule has 182 valence electrons. The average Bonchev–Trinajstić information content (AvgIpc) is 2.82. The van der Waals surface area contributed by atoms with Crippen molar-refractivity contribution in [3.05, 3.63) is 88.9 Å². The van der Waals surface area contributed by atoms with Crippen LogP contribution in [0.5, 0.6) is 5.75 Å². The molecule has 3 aromatic carbocycles. The van der Waals surface area contributed by atoms with E-state index in [1.54, 1.807) is 12.1 Å². The summed E-state index contributed by atoms with van der Waals surface area (Å²) in [6.07, 6.45) is 0.257. The van der Waals surface area contributed by atoms with Crippen molar-refractivity contribution in [2.45, 2.75) is 44.4 Å². The molecule has 1 heterocycles. The lowest BCUT2D eigenvalue weighted by Gasteiger charge is -2.43. The van der Waals surface area contributed by atoms with Crippen LogP contribution < -0.4 is 10.1 Å². The van der Waals surface area contributed by atoms with Crippen molar-refractivity contribution < 1.29 is 24.2 Å². The number of nitrogens with one attached hydrogen (secondary N) is 1. The van der Waals surface area contributed by atoms with Crippen LogP contribution in [0.1, 0.15) is 50.0 Å². The SMILES string of the molecule is CC(=O)N[C@@]1(C)C[C@@H](c2cccc(Cl)c2)O[C@@H](c2cc(-c3ccccc3)ccc2OCC(=O)O)C1. The molecule has 1 amide bonds. The molecule has 0 radical (unpaired) electrons. The van der Waals surface area contributed by atoms with Crippen LogP contribution in [-0.2, 0) is 14.3 Å². The number of benzene rings is 3. The lowest BCUT2D eigenvalue weighted by atomic mass is 9.81. The van der Waals surface area contributed by atoms with Gasteiger partial charge in [-0.05, 0) is 47.9 Å². The van der Waals surface area contributed by atoms with Crippen LogP contribution in [-0.4, -0.2) is 29.1 Å². The number of ether oxygens (including phenoxy) is 2. The number of carboxylic acid groups (broad SMARTS) is 1. The molecule has 1 aliphatic heterocycles.